The molecule has 0 aliphatic carbocycles. The molecule has 0 unspecified atom stereocenters. The van der Waals surface area contributed by atoms with Crippen LogP contribution in [0.5, 0.6) is 0 Å². The van der Waals surface area contributed by atoms with Crippen molar-refractivity contribution in [2.75, 3.05) is 0 Å². The Balaban J connectivity index is 2.93. The quantitative estimate of drug-likeness (QED) is 0.671. The SMILES string of the molecule is [Hg+][n]1cnc2ccccc21. The van der Waals surface area contributed by atoms with Gasteiger partial charge < -0.3 is 0 Å². The summed E-state index contributed by atoms with van der Waals surface area (Å²) in [4.78, 5) is 4.23. The summed E-state index contributed by atoms with van der Waals surface area (Å²) in [5.74, 6) is 0. The molecule has 3 heteroatoms. The molecule has 2 rings (SSSR count). The molecule has 0 saturated carbocycles. The molecule has 0 radical (unpaired) electrons. The van der Waals surface area contributed by atoms with Gasteiger partial charge in [-0.1, -0.05) is 0 Å². The Morgan fingerprint density at radius 3 is 2.90 bits per heavy atom. The first-order valence-corrected chi connectivity index (χ1v) is 5.57. The van der Waals surface area contributed by atoms with E-state index >= 15 is 0 Å². The molecular formula is C7H5HgN2+. The molecule has 0 aliphatic rings. The Bertz CT molecular complexity index is 353. The molecule has 0 aliphatic heterocycles. The van der Waals surface area contributed by atoms with E-state index in [9.17, 15) is 0 Å². The van der Waals surface area contributed by atoms with Gasteiger partial charge in [0.25, 0.3) is 0 Å². The molecular weight excluding hydrogens is 313 g/mol. The van der Waals surface area contributed by atoms with Gasteiger partial charge in [0.15, 0.2) is 0 Å². The number of para-hydroxylation sites is 2. The van der Waals surface area contributed by atoms with Crippen molar-refractivity contribution in [2.45, 2.75) is 0 Å². The van der Waals surface area contributed by atoms with Gasteiger partial charge in [0.05, 0.1) is 0 Å². The first-order valence-electron chi connectivity index (χ1n) is 3.11. The summed E-state index contributed by atoms with van der Waals surface area (Å²) in [5.41, 5.74) is 2.38. The average Bonchev–Trinajstić information content (AvgIpc) is 2.34. The van der Waals surface area contributed by atoms with Gasteiger partial charge in [-0.2, -0.15) is 0 Å². The monoisotopic (exact) mass is 319 g/mol. The van der Waals surface area contributed by atoms with Crippen LogP contribution in [-0.2, 0) is 26.4 Å². The Hall–Kier alpha value is -0.375. The summed E-state index contributed by atoms with van der Waals surface area (Å²) in [6.07, 6.45) is 1.91. The van der Waals surface area contributed by atoms with E-state index in [0.717, 1.165) is 5.52 Å². The molecule has 0 bridgehead atoms. The molecule has 2 aromatic rings. The summed E-state index contributed by atoms with van der Waals surface area (Å²) < 4.78 is 2.20. The zero-order valence-electron chi connectivity index (χ0n) is 5.49. The van der Waals surface area contributed by atoms with Gasteiger partial charge in [-0.3, -0.25) is 0 Å². The average molecular weight is 318 g/mol. The van der Waals surface area contributed by atoms with Crippen molar-refractivity contribution in [1.29, 1.82) is 0 Å². The van der Waals surface area contributed by atoms with Crippen LogP contribution in [-0.4, -0.2) is 7.32 Å². The van der Waals surface area contributed by atoms with Gasteiger partial charge in [0, 0.05) is 0 Å². The number of hydrogen-bond donors (Lipinski definition) is 0. The molecule has 44 valence electrons. The van der Waals surface area contributed by atoms with E-state index in [0.29, 0.717) is 26.4 Å². The van der Waals surface area contributed by atoms with Crippen molar-refractivity contribution in [1.82, 2.24) is 7.32 Å². The van der Waals surface area contributed by atoms with Crippen molar-refractivity contribution < 1.29 is 26.4 Å². The predicted molar refractivity (Wildman–Crippen MR) is 35.1 cm³/mol. The minimum absolute atomic E-state index is 0.621. The van der Waals surface area contributed by atoms with E-state index in [2.05, 4.69) is 13.4 Å². The van der Waals surface area contributed by atoms with E-state index in [-0.39, 0.29) is 0 Å². The second kappa shape index (κ2) is 2.34. The number of aromatic nitrogens is 2. The van der Waals surface area contributed by atoms with E-state index in [1.807, 2.05) is 24.5 Å². The van der Waals surface area contributed by atoms with Crippen LogP contribution < -0.4 is 0 Å². The van der Waals surface area contributed by atoms with Crippen molar-refractivity contribution in [3.63, 3.8) is 0 Å². The summed E-state index contributed by atoms with van der Waals surface area (Å²) in [6, 6.07) is 8.21. The second-order valence-corrected chi connectivity index (χ2v) is 4.85. The maximum absolute atomic E-state index is 4.23. The summed E-state index contributed by atoms with van der Waals surface area (Å²) >= 11 is 0.621. The molecule has 1 aromatic heterocycles. The summed E-state index contributed by atoms with van der Waals surface area (Å²) in [7, 11) is 0. The molecule has 0 amide bonds. The van der Waals surface area contributed by atoms with Crippen LogP contribution in [0, 0.1) is 0 Å². The third-order valence-corrected chi connectivity index (χ3v) is 3.49. The Morgan fingerprint density at radius 1 is 1.30 bits per heavy atom. The van der Waals surface area contributed by atoms with E-state index in [4.69, 9.17) is 0 Å². The van der Waals surface area contributed by atoms with Crippen molar-refractivity contribution in [3.05, 3.63) is 30.6 Å². The molecule has 0 fully saturated rings. The third-order valence-electron chi connectivity index (χ3n) is 1.53. The predicted octanol–water partition coefficient (Wildman–Crippen LogP) is 1.35. The van der Waals surface area contributed by atoms with E-state index in [1.165, 1.54) is 5.52 Å². The van der Waals surface area contributed by atoms with Gasteiger partial charge in [-0.25, -0.2) is 0 Å². The summed E-state index contributed by atoms with van der Waals surface area (Å²) in [5, 5.41) is 0. The van der Waals surface area contributed by atoms with Crippen molar-refractivity contribution in [2.24, 2.45) is 0 Å². The number of fused-ring (bicyclic) bond motifs is 1. The topological polar surface area (TPSA) is 17.8 Å². The maximum atomic E-state index is 4.23. The van der Waals surface area contributed by atoms with Crippen LogP contribution in [0.15, 0.2) is 30.6 Å². The van der Waals surface area contributed by atoms with Crippen LogP contribution in [0.4, 0.5) is 0 Å². The molecule has 0 N–H and O–H groups in total. The van der Waals surface area contributed by atoms with Crippen LogP contribution in [0.1, 0.15) is 0 Å². The fourth-order valence-electron chi connectivity index (χ4n) is 1.01. The number of nitrogens with zero attached hydrogens (tertiary/aromatic N) is 2. The Morgan fingerprint density at radius 2 is 2.10 bits per heavy atom. The summed E-state index contributed by atoms with van der Waals surface area (Å²) in [6.45, 7) is 0. The van der Waals surface area contributed by atoms with E-state index < -0.39 is 0 Å². The van der Waals surface area contributed by atoms with Crippen molar-refractivity contribution >= 4 is 11.0 Å². The first-order chi connectivity index (χ1) is 4.88. The molecule has 1 heterocycles. The number of hydrogen-bond acceptors (Lipinski definition) is 1. The van der Waals surface area contributed by atoms with Crippen LogP contribution >= 0.6 is 0 Å². The van der Waals surface area contributed by atoms with E-state index in [1.54, 1.807) is 0 Å². The molecule has 0 spiro atoms. The normalized spacial score (nSPS) is 10.6. The first kappa shape index (κ1) is 6.34. The molecule has 1 aromatic carbocycles. The number of imidazole rings is 1. The zero-order chi connectivity index (χ0) is 6.97. The van der Waals surface area contributed by atoms with Crippen LogP contribution in [0.3, 0.4) is 0 Å². The van der Waals surface area contributed by atoms with Gasteiger partial charge in [0.2, 0.25) is 0 Å². The van der Waals surface area contributed by atoms with Crippen LogP contribution in [0.2, 0.25) is 0 Å². The fraction of sp³-hybridized carbons (Fsp3) is 0. The standard InChI is InChI=1S/C7H5N2.Hg/c1-2-4-7-6(3-1)8-5-9-7;/h1-5H;/q-1;+2. The molecule has 0 saturated heterocycles. The second-order valence-electron chi connectivity index (χ2n) is 2.20. The molecule has 0 atom stereocenters. The molecule has 10 heavy (non-hydrogen) atoms. The zero-order valence-corrected chi connectivity index (χ0v) is 11.0. The van der Waals surface area contributed by atoms with Gasteiger partial charge in [0.1, 0.15) is 0 Å². The van der Waals surface area contributed by atoms with Crippen molar-refractivity contribution in [3.8, 4) is 0 Å². The Labute approximate surface area is 75.3 Å². The number of benzene rings is 1. The number of rotatable bonds is 0. The third kappa shape index (κ3) is 0.869. The van der Waals surface area contributed by atoms with Gasteiger partial charge in [-0.05, 0) is 0 Å². The Kier molecular flexibility index (Phi) is 1.49. The minimum atomic E-state index is 0.621. The fourth-order valence-corrected chi connectivity index (χ4v) is 2.37. The van der Waals surface area contributed by atoms with Gasteiger partial charge in [-0.15, -0.1) is 0 Å². The molecule has 2 nitrogen and oxygen atoms in total. The van der Waals surface area contributed by atoms with Crippen LogP contribution in [0.25, 0.3) is 11.0 Å². The van der Waals surface area contributed by atoms with Gasteiger partial charge >= 0.3 is 75.4 Å².